The number of hydrogen-bond donors (Lipinski definition) is 1. The van der Waals surface area contributed by atoms with Crippen LogP contribution in [-0.4, -0.2) is 26.7 Å². The summed E-state index contributed by atoms with van der Waals surface area (Å²) in [6, 6.07) is 7.93. The molecular formula is C13H17N3O. The van der Waals surface area contributed by atoms with Gasteiger partial charge in [0.15, 0.2) is 0 Å². The lowest BCUT2D eigenvalue weighted by molar-refractivity contribution is 0.218. The Balaban J connectivity index is 2.42. The molecule has 0 bridgehead atoms. The molecule has 0 amide bonds. The summed E-state index contributed by atoms with van der Waals surface area (Å²) in [5.74, 6) is 0. The van der Waals surface area contributed by atoms with Gasteiger partial charge in [0.2, 0.25) is 0 Å². The minimum Gasteiger partial charge on any atom is -0.395 e. The maximum absolute atomic E-state index is 9.37. The van der Waals surface area contributed by atoms with Crippen molar-refractivity contribution in [2.75, 3.05) is 6.61 Å². The third-order valence-corrected chi connectivity index (χ3v) is 2.86. The second-order valence-electron chi connectivity index (χ2n) is 4.87. The minimum atomic E-state index is -0.252. The molecule has 1 aromatic heterocycles. The fraction of sp³-hybridized carbons (Fsp3) is 0.385. The van der Waals surface area contributed by atoms with Crippen LogP contribution in [0, 0.1) is 6.92 Å². The van der Waals surface area contributed by atoms with Crippen molar-refractivity contribution in [3.63, 3.8) is 0 Å². The molecule has 0 saturated carbocycles. The first kappa shape index (κ1) is 11.8. The van der Waals surface area contributed by atoms with E-state index in [1.807, 2.05) is 45.0 Å². The van der Waals surface area contributed by atoms with Gasteiger partial charge in [0.05, 0.1) is 24.2 Å². The Hall–Kier alpha value is -1.68. The van der Waals surface area contributed by atoms with Crippen molar-refractivity contribution in [3.05, 3.63) is 41.7 Å². The summed E-state index contributed by atoms with van der Waals surface area (Å²) < 4.78 is 0. The molecule has 2 aromatic rings. The molecular weight excluding hydrogens is 214 g/mol. The Morgan fingerprint density at radius 2 is 2.12 bits per heavy atom. The summed E-state index contributed by atoms with van der Waals surface area (Å²) in [6.07, 6.45) is 1.73. The van der Waals surface area contributed by atoms with Crippen LogP contribution in [0.15, 0.2) is 30.5 Å². The maximum atomic E-state index is 9.37. The molecule has 0 atom stereocenters. The van der Waals surface area contributed by atoms with Crippen LogP contribution in [0.2, 0.25) is 0 Å². The van der Waals surface area contributed by atoms with Crippen molar-refractivity contribution in [2.24, 2.45) is 0 Å². The van der Waals surface area contributed by atoms with Gasteiger partial charge < -0.3 is 5.11 Å². The molecule has 0 unspecified atom stereocenters. The highest BCUT2D eigenvalue weighted by molar-refractivity contribution is 5.37. The van der Waals surface area contributed by atoms with Gasteiger partial charge >= 0.3 is 0 Å². The fourth-order valence-corrected chi connectivity index (χ4v) is 1.61. The lowest BCUT2D eigenvalue weighted by Crippen LogP contribution is -2.22. The molecule has 4 nitrogen and oxygen atoms in total. The van der Waals surface area contributed by atoms with Crippen LogP contribution < -0.4 is 0 Å². The summed E-state index contributed by atoms with van der Waals surface area (Å²) >= 11 is 0. The van der Waals surface area contributed by atoms with Crippen molar-refractivity contribution in [1.82, 2.24) is 15.0 Å². The smallest absolute Gasteiger partial charge is 0.0859 e. The van der Waals surface area contributed by atoms with E-state index in [0.717, 1.165) is 16.9 Å². The highest BCUT2D eigenvalue weighted by Gasteiger charge is 2.19. The number of benzene rings is 1. The van der Waals surface area contributed by atoms with E-state index in [1.54, 1.807) is 11.0 Å². The monoisotopic (exact) mass is 231 g/mol. The molecule has 0 spiro atoms. The van der Waals surface area contributed by atoms with Crippen LogP contribution in [0.3, 0.4) is 0 Å². The molecule has 0 radical (unpaired) electrons. The summed E-state index contributed by atoms with van der Waals surface area (Å²) in [4.78, 5) is 1.60. The second-order valence-corrected chi connectivity index (χ2v) is 4.87. The van der Waals surface area contributed by atoms with E-state index in [-0.39, 0.29) is 12.0 Å². The molecule has 0 saturated heterocycles. The normalized spacial score (nSPS) is 11.8. The van der Waals surface area contributed by atoms with Gasteiger partial charge in [-0.3, -0.25) is 0 Å². The van der Waals surface area contributed by atoms with Gasteiger partial charge in [-0.25, -0.2) is 0 Å². The lowest BCUT2D eigenvalue weighted by atomic mass is 9.85. The number of nitrogens with zero attached hydrogens (tertiary/aromatic N) is 3. The molecule has 2 rings (SSSR count). The van der Waals surface area contributed by atoms with Crippen LogP contribution in [0.25, 0.3) is 5.69 Å². The Bertz CT molecular complexity index is 517. The number of aryl methyl sites for hydroxylation is 1. The van der Waals surface area contributed by atoms with Gasteiger partial charge in [-0.05, 0) is 24.6 Å². The third-order valence-electron chi connectivity index (χ3n) is 2.86. The molecule has 90 valence electrons. The molecule has 0 aliphatic rings. The van der Waals surface area contributed by atoms with Gasteiger partial charge in [0, 0.05) is 5.41 Å². The molecule has 1 N–H and O–H groups in total. The number of aliphatic hydroxyl groups excluding tert-OH is 1. The van der Waals surface area contributed by atoms with E-state index in [1.165, 1.54) is 0 Å². The van der Waals surface area contributed by atoms with Crippen LogP contribution >= 0.6 is 0 Å². The first-order chi connectivity index (χ1) is 8.03. The zero-order valence-electron chi connectivity index (χ0n) is 10.4. The first-order valence-electron chi connectivity index (χ1n) is 5.64. The minimum absolute atomic E-state index is 0.113. The number of aromatic nitrogens is 3. The van der Waals surface area contributed by atoms with Crippen molar-refractivity contribution in [2.45, 2.75) is 26.2 Å². The van der Waals surface area contributed by atoms with E-state index in [0.29, 0.717) is 0 Å². The summed E-state index contributed by atoms with van der Waals surface area (Å²) in [5, 5.41) is 17.8. The quantitative estimate of drug-likeness (QED) is 0.877. The Labute approximate surface area is 101 Å². The Kier molecular flexibility index (Phi) is 2.98. The average Bonchev–Trinajstić information content (AvgIpc) is 2.76. The molecule has 17 heavy (non-hydrogen) atoms. The predicted octanol–water partition coefficient (Wildman–Crippen LogP) is 1.85. The zero-order valence-corrected chi connectivity index (χ0v) is 10.4. The van der Waals surface area contributed by atoms with Crippen molar-refractivity contribution in [1.29, 1.82) is 0 Å². The van der Waals surface area contributed by atoms with Gasteiger partial charge in [-0.2, -0.15) is 15.0 Å². The summed E-state index contributed by atoms with van der Waals surface area (Å²) in [6.45, 7) is 6.04. The van der Waals surface area contributed by atoms with Gasteiger partial charge in [-0.1, -0.05) is 26.0 Å². The number of aliphatic hydroxyl groups is 1. The maximum Gasteiger partial charge on any atom is 0.0859 e. The van der Waals surface area contributed by atoms with Crippen molar-refractivity contribution >= 4 is 0 Å². The van der Waals surface area contributed by atoms with Crippen LogP contribution in [0.1, 0.15) is 25.1 Å². The molecule has 0 aliphatic carbocycles. The van der Waals surface area contributed by atoms with E-state index in [2.05, 4.69) is 10.2 Å². The van der Waals surface area contributed by atoms with Crippen molar-refractivity contribution < 1.29 is 5.11 Å². The molecule has 0 aliphatic heterocycles. The first-order valence-corrected chi connectivity index (χ1v) is 5.64. The number of rotatable bonds is 3. The second kappa shape index (κ2) is 4.30. The Morgan fingerprint density at radius 3 is 2.71 bits per heavy atom. The van der Waals surface area contributed by atoms with Crippen LogP contribution in [-0.2, 0) is 5.41 Å². The SMILES string of the molecule is Cc1cnn(-c2cccc(C(C)(C)CO)c2)n1. The van der Waals surface area contributed by atoms with Crippen LogP contribution in [0.5, 0.6) is 0 Å². The van der Waals surface area contributed by atoms with E-state index in [9.17, 15) is 5.11 Å². The van der Waals surface area contributed by atoms with E-state index >= 15 is 0 Å². The Morgan fingerprint density at radius 1 is 1.35 bits per heavy atom. The third kappa shape index (κ3) is 2.36. The zero-order chi connectivity index (χ0) is 12.5. The molecule has 1 aromatic carbocycles. The summed E-state index contributed by atoms with van der Waals surface area (Å²) in [7, 11) is 0. The van der Waals surface area contributed by atoms with Crippen molar-refractivity contribution in [3.8, 4) is 5.69 Å². The van der Waals surface area contributed by atoms with Gasteiger partial charge in [0.25, 0.3) is 0 Å². The van der Waals surface area contributed by atoms with Gasteiger partial charge in [-0.15, -0.1) is 0 Å². The average molecular weight is 231 g/mol. The van der Waals surface area contributed by atoms with E-state index < -0.39 is 0 Å². The standard InChI is InChI=1S/C13H17N3O/c1-10-8-14-16(15-10)12-6-4-5-11(7-12)13(2,3)9-17/h4-8,17H,9H2,1-3H3. The van der Waals surface area contributed by atoms with E-state index in [4.69, 9.17) is 0 Å². The number of hydrogen-bond acceptors (Lipinski definition) is 3. The largest absolute Gasteiger partial charge is 0.395 e. The lowest BCUT2D eigenvalue weighted by Gasteiger charge is -2.22. The molecule has 4 heteroatoms. The van der Waals surface area contributed by atoms with Crippen LogP contribution in [0.4, 0.5) is 0 Å². The topological polar surface area (TPSA) is 50.9 Å². The summed E-state index contributed by atoms with van der Waals surface area (Å²) in [5.41, 5.74) is 2.62. The predicted molar refractivity (Wildman–Crippen MR) is 66.2 cm³/mol. The highest BCUT2D eigenvalue weighted by atomic mass is 16.3. The molecule has 1 heterocycles. The fourth-order valence-electron chi connectivity index (χ4n) is 1.61. The highest BCUT2D eigenvalue weighted by Crippen LogP contribution is 2.23. The molecule has 0 fully saturated rings. The van der Waals surface area contributed by atoms with Gasteiger partial charge in [0.1, 0.15) is 0 Å².